The zero-order valence-electron chi connectivity index (χ0n) is 12.0. The van der Waals surface area contributed by atoms with E-state index in [0.29, 0.717) is 5.13 Å². The van der Waals surface area contributed by atoms with Gasteiger partial charge in [0.25, 0.3) is 5.91 Å². The van der Waals surface area contributed by atoms with Crippen molar-refractivity contribution in [3.05, 3.63) is 70.8 Å². The van der Waals surface area contributed by atoms with Gasteiger partial charge < -0.3 is 0 Å². The number of carbonyl (C=O) groups excluding carboxylic acids is 1. The number of nitrogens with one attached hydrogen (secondary N) is 1. The smallest absolute Gasteiger partial charge is 0.277 e. The Balaban J connectivity index is 1.66. The van der Waals surface area contributed by atoms with Crippen molar-refractivity contribution in [2.75, 3.05) is 5.32 Å². The number of amides is 1. The molecule has 0 bridgehead atoms. The number of aromatic nitrogens is 3. The molecule has 1 N–H and O–H groups in total. The van der Waals surface area contributed by atoms with E-state index in [2.05, 4.69) is 51.5 Å². The molecule has 3 rings (SSSR count). The van der Waals surface area contributed by atoms with Crippen LogP contribution in [0.4, 0.5) is 5.13 Å². The van der Waals surface area contributed by atoms with Gasteiger partial charge in [0, 0.05) is 29.9 Å². The molecule has 110 valence electrons. The molecular formula is C16H14N4OS. The maximum Gasteiger partial charge on any atom is 0.277 e. The van der Waals surface area contributed by atoms with Crippen molar-refractivity contribution in [2.24, 2.45) is 0 Å². The van der Waals surface area contributed by atoms with Crippen LogP contribution in [0, 0.1) is 6.92 Å². The second-order valence-corrected chi connectivity index (χ2v) is 5.95. The maximum absolute atomic E-state index is 12.0. The number of nitrogens with zero attached hydrogens (tertiary/aromatic N) is 3. The summed E-state index contributed by atoms with van der Waals surface area (Å²) >= 11 is 1.46. The van der Waals surface area contributed by atoms with Crippen LogP contribution < -0.4 is 5.32 Å². The Morgan fingerprint density at radius 2 is 1.95 bits per heavy atom. The summed E-state index contributed by atoms with van der Waals surface area (Å²) in [7, 11) is 0. The molecule has 0 unspecified atom stereocenters. The van der Waals surface area contributed by atoms with Gasteiger partial charge in [-0.2, -0.15) is 0 Å². The van der Waals surface area contributed by atoms with Crippen LogP contribution in [0.2, 0.25) is 0 Å². The molecule has 2 aromatic heterocycles. The van der Waals surface area contributed by atoms with E-state index in [4.69, 9.17) is 0 Å². The van der Waals surface area contributed by atoms with Crippen molar-refractivity contribution in [3.8, 4) is 0 Å². The summed E-state index contributed by atoms with van der Waals surface area (Å²) in [5, 5.41) is 3.31. The molecule has 0 atom stereocenters. The first-order valence-electron chi connectivity index (χ1n) is 6.78. The molecule has 0 aliphatic heterocycles. The highest BCUT2D eigenvalue weighted by molar-refractivity contribution is 7.15. The Morgan fingerprint density at radius 3 is 2.68 bits per heavy atom. The molecule has 3 aromatic rings. The third-order valence-corrected chi connectivity index (χ3v) is 3.98. The van der Waals surface area contributed by atoms with Gasteiger partial charge in [-0.05, 0) is 12.5 Å². The number of hydrogen-bond acceptors (Lipinski definition) is 5. The first-order valence-corrected chi connectivity index (χ1v) is 7.60. The minimum absolute atomic E-state index is 0.276. The highest BCUT2D eigenvalue weighted by atomic mass is 32.1. The molecule has 0 aliphatic rings. The van der Waals surface area contributed by atoms with Gasteiger partial charge in [0.05, 0.1) is 6.20 Å². The lowest BCUT2D eigenvalue weighted by atomic mass is 10.1. The second-order valence-electron chi connectivity index (χ2n) is 4.84. The molecule has 0 aliphatic carbocycles. The fourth-order valence-corrected chi connectivity index (χ4v) is 2.77. The van der Waals surface area contributed by atoms with E-state index in [9.17, 15) is 4.79 Å². The summed E-state index contributed by atoms with van der Waals surface area (Å²) in [4.78, 5) is 25.1. The zero-order valence-corrected chi connectivity index (χ0v) is 12.8. The fraction of sp³-hybridized carbons (Fsp3) is 0.125. The van der Waals surface area contributed by atoms with Crippen LogP contribution in [0.25, 0.3) is 0 Å². The predicted molar refractivity (Wildman–Crippen MR) is 86.1 cm³/mol. The molecule has 0 radical (unpaired) electrons. The molecular weight excluding hydrogens is 296 g/mol. The van der Waals surface area contributed by atoms with E-state index in [1.54, 1.807) is 6.20 Å². The van der Waals surface area contributed by atoms with E-state index in [-0.39, 0.29) is 11.6 Å². The third kappa shape index (κ3) is 3.53. The summed E-state index contributed by atoms with van der Waals surface area (Å²) < 4.78 is 0. The quantitative estimate of drug-likeness (QED) is 0.804. The number of hydrogen-bond donors (Lipinski definition) is 1. The van der Waals surface area contributed by atoms with Crippen LogP contribution in [0.1, 0.15) is 26.5 Å². The van der Waals surface area contributed by atoms with Gasteiger partial charge in [0.2, 0.25) is 0 Å². The van der Waals surface area contributed by atoms with E-state index >= 15 is 0 Å². The van der Waals surface area contributed by atoms with Crippen molar-refractivity contribution in [3.63, 3.8) is 0 Å². The second kappa shape index (κ2) is 6.44. The maximum atomic E-state index is 12.0. The lowest BCUT2D eigenvalue weighted by Gasteiger charge is -2.00. The molecule has 2 heterocycles. The number of benzene rings is 1. The normalized spacial score (nSPS) is 10.4. The average Bonchev–Trinajstić information content (AvgIpc) is 2.97. The van der Waals surface area contributed by atoms with E-state index in [0.717, 1.165) is 11.3 Å². The first kappa shape index (κ1) is 14.3. The van der Waals surface area contributed by atoms with Crippen LogP contribution in [0.15, 0.2) is 49.1 Å². The van der Waals surface area contributed by atoms with E-state index in [1.807, 2.05) is 0 Å². The summed E-state index contributed by atoms with van der Waals surface area (Å²) in [5.41, 5.74) is 2.74. The van der Waals surface area contributed by atoms with E-state index < -0.39 is 0 Å². The first-order chi connectivity index (χ1) is 10.7. The van der Waals surface area contributed by atoms with Crippen molar-refractivity contribution >= 4 is 22.4 Å². The van der Waals surface area contributed by atoms with Gasteiger partial charge in [-0.1, -0.05) is 29.8 Å². The van der Waals surface area contributed by atoms with Crippen LogP contribution in [0.3, 0.4) is 0 Å². The average molecular weight is 310 g/mol. The summed E-state index contributed by atoms with van der Waals surface area (Å²) in [6, 6.07) is 8.39. The molecule has 0 fully saturated rings. The number of carbonyl (C=O) groups is 1. The van der Waals surface area contributed by atoms with Crippen molar-refractivity contribution in [2.45, 2.75) is 13.3 Å². The standard InChI is InChI=1S/C16H14N4OS/c1-11-2-4-12(5-3-11)8-13-9-19-16(22-13)20-15(21)14-10-17-6-7-18-14/h2-7,9-10H,8H2,1H3,(H,19,20,21). The summed E-state index contributed by atoms with van der Waals surface area (Å²) in [6.45, 7) is 2.07. The molecule has 0 spiro atoms. The molecule has 0 saturated heterocycles. The molecule has 1 aromatic carbocycles. The van der Waals surface area contributed by atoms with Gasteiger partial charge in [-0.15, -0.1) is 11.3 Å². The largest absolute Gasteiger partial charge is 0.296 e. The Morgan fingerprint density at radius 1 is 1.14 bits per heavy atom. The lowest BCUT2D eigenvalue weighted by molar-refractivity contribution is 0.102. The number of thiazole rings is 1. The van der Waals surface area contributed by atoms with Crippen molar-refractivity contribution in [1.29, 1.82) is 0 Å². The van der Waals surface area contributed by atoms with Gasteiger partial charge in [-0.25, -0.2) is 9.97 Å². The minimum Gasteiger partial charge on any atom is -0.296 e. The van der Waals surface area contributed by atoms with Gasteiger partial charge in [-0.3, -0.25) is 15.1 Å². The monoisotopic (exact) mass is 310 g/mol. The Labute approximate surface area is 132 Å². The molecule has 0 saturated carbocycles. The third-order valence-electron chi connectivity index (χ3n) is 3.07. The molecule has 5 nitrogen and oxygen atoms in total. The van der Waals surface area contributed by atoms with Crippen molar-refractivity contribution < 1.29 is 4.79 Å². The van der Waals surface area contributed by atoms with Crippen LogP contribution in [-0.2, 0) is 6.42 Å². The predicted octanol–water partition coefficient (Wildman–Crippen LogP) is 3.08. The number of rotatable bonds is 4. The van der Waals surface area contributed by atoms with Crippen LogP contribution in [-0.4, -0.2) is 20.9 Å². The Bertz CT molecular complexity index is 768. The molecule has 6 heteroatoms. The highest BCUT2D eigenvalue weighted by Crippen LogP contribution is 2.21. The van der Waals surface area contributed by atoms with Crippen molar-refractivity contribution in [1.82, 2.24) is 15.0 Å². The number of anilines is 1. The lowest BCUT2D eigenvalue weighted by Crippen LogP contribution is -2.13. The van der Waals surface area contributed by atoms with Gasteiger partial charge >= 0.3 is 0 Å². The highest BCUT2D eigenvalue weighted by Gasteiger charge is 2.10. The van der Waals surface area contributed by atoms with E-state index in [1.165, 1.54) is 41.1 Å². The molecule has 22 heavy (non-hydrogen) atoms. The SMILES string of the molecule is Cc1ccc(Cc2cnc(NC(=O)c3cnccn3)s2)cc1. The summed E-state index contributed by atoms with van der Waals surface area (Å²) in [6.07, 6.45) is 7.03. The fourth-order valence-electron chi connectivity index (χ4n) is 1.93. The van der Waals surface area contributed by atoms with Crippen LogP contribution >= 0.6 is 11.3 Å². The Hall–Kier alpha value is -2.60. The topological polar surface area (TPSA) is 67.8 Å². The zero-order chi connectivity index (χ0) is 15.4. The Kier molecular flexibility index (Phi) is 4.20. The van der Waals surface area contributed by atoms with Gasteiger partial charge in [0.15, 0.2) is 5.13 Å². The minimum atomic E-state index is -0.302. The molecule has 1 amide bonds. The number of aryl methyl sites for hydroxylation is 1. The summed E-state index contributed by atoms with van der Waals surface area (Å²) in [5.74, 6) is -0.302. The van der Waals surface area contributed by atoms with Crippen LogP contribution in [0.5, 0.6) is 0 Å². The van der Waals surface area contributed by atoms with Gasteiger partial charge in [0.1, 0.15) is 5.69 Å².